The fourth-order valence-corrected chi connectivity index (χ4v) is 0.670. The van der Waals surface area contributed by atoms with E-state index in [9.17, 15) is 0 Å². The van der Waals surface area contributed by atoms with Crippen LogP contribution in [0.3, 0.4) is 0 Å². The van der Waals surface area contributed by atoms with Crippen LogP contribution in [0.25, 0.3) is 0 Å². The normalized spacial score (nSPS) is 7.00. The minimum Gasteiger partial charge on any atom is -0.229 e. The monoisotopic (exact) mass is 175 g/mol. The molecule has 1 aromatic heterocycles. The molecule has 13 heavy (non-hydrogen) atoms. The van der Waals surface area contributed by atoms with E-state index in [1.54, 1.807) is 5.32 Å². The molecule has 1 N–H and O–H groups in total. The van der Waals surface area contributed by atoms with E-state index in [2.05, 4.69) is 23.9 Å². The lowest BCUT2D eigenvalue weighted by Gasteiger charge is -1.84. The van der Waals surface area contributed by atoms with Gasteiger partial charge in [-0.25, -0.2) is 9.88 Å². The first kappa shape index (κ1) is 10.9. The van der Waals surface area contributed by atoms with Crippen LogP contribution in [-0.4, -0.2) is 0 Å². The zero-order valence-electron chi connectivity index (χ0n) is 7.44. The number of pyridine rings is 1. The summed E-state index contributed by atoms with van der Waals surface area (Å²) in [6.07, 6.45) is 6.92. The lowest BCUT2D eigenvalue weighted by molar-refractivity contribution is -0.693. The number of nitrogens with zero attached hydrogens (tertiary/aromatic N) is 3. The summed E-state index contributed by atoms with van der Waals surface area (Å²) in [5.41, 5.74) is 0. The van der Waals surface area contributed by atoms with Gasteiger partial charge in [0.1, 0.15) is 6.54 Å². The van der Waals surface area contributed by atoms with Crippen molar-refractivity contribution in [3.05, 3.63) is 30.6 Å². The Kier molecular flexibility index (Phi) is 6.75. The fourth-order valence-electron chi connectivity index (χ4n) is 0.670. The average Bonchev–Trinajstić information content (AvgIpc) is 2.21. The van der Waals surface area contributed by atoms with Crippen LogP contribution in [0.15, 0.2) is 30.6 Å². The Hall–Kier alpha value is -2.07. The van der Waals surface area contributed by atoms with Crippen molar-refractivity contribution in [2.24, 2.45) is 0 Å². The largest absolute Gasteiger partial charge is 0.229 e. The van der Waals surface area contributed by atoms with Gasteiger partial charge in [-0.3, -0.25) is 0 Å². The minimum atomic E-state index is 1.06. The molecule has 1 rings (SSSR count). The number of rotatable bonds is 1. The number of aryl methyl sites for hydroxylation is 1. The van der Waals surface area contributed by atoms with E-state index in [0.29, 0.717) is 0 Å². The second kappa shape index (κ2) is 8.03. The van der Waals surface area contributed by atoms with Crippen LogP contribution in [0.2, 0.25) is 0 Å². The zero-order chi connectivity index (χ0) is 9.94. The van der Waals surface area contributed by atoms with E-state index < -0.39 is 0 Å². The van der Waals surface area contributed by atoms with E-state index in [4.69, 9.17) is 10.5 Å². The van der Waals surface area contributed by atoms with E-state index in [0.717, 1.165) is 6.54 Å². The molecule has 0 unspecified atom stereocenters. The summed E-state index contributed by atoms with van der Waals surface area (Å²) in [7, 11) is 0. The molecular weight excluding hydrogens is 164 g/mol. The predicted molar refractivity (Wildman–Crippen MR) is 46.7 cm³/mol. The molecule has 0 saturated carbocycles. The smallest absolute Gasteiger partial charge is 0.190 e. The molecule has 0 radical (unpaired) electrons. The van der Waals surface area contributed by atoms with Crippen LogP contribution in [0.1, 0.15) is 6.92 Å². The summed E-state index contributed by atoms with van der Waals surface area (Å²) in [6.45, 7) is 3.18. The standard InChI is InChI=1S/C7H10N.C2HN3/c1-2-8-6-4-3-5-7-8;3-1-5-2-4/h3-7H,2H2,1H3;5H/q+1;. The number of nitriles is 2. The summed E-state index contributed by atoms with van der Waals surface area (Å²) in [5, 5.41) is 16.7. The van der Waals surface area contributed by atoms with E-state index >= 15 is 0 Å². The van der Waals surface area contributed by atoms with Crippen molar-refractivity contribution in [2.45, 2.75) is 13.5 Å². The van der Waals surface area contributed by atoms with Gasteiger partial charge in [-0.1, -0.05) is 6.07 Å². The fraction of sp³-hybridized carbons (Fsp3) is 0.222. The van der Waals surface area contributed by atoms with Crippen molar-refractivity contribution in [3.63, 3.8) is 0 Å². The molecule has 0 aliphatic rings. The highest BCUT2D eigenvalue weighted by molar-refractivity contribution is 4.83. The van der Waals surface area contributed by atoms with Crippen LogP contribution in [-0.2, 0) is 6.54 Å². The van der Waals surface area contributed by atoms with Crippen LogP contribution < -0.4 is 9.88 Å². The van der Waals surface area contributed by atoms with Crippen LogP contribution >= 0.6 is 0 Å². The molecule has 4 nitrogen and oxygen atoms in total. The highest BCUT2D eigenvalue weighted by Gasteiger charge is 1.86. The van der Waals surface area contributed by atoms with Gasteiger partial charge < -0.3 is 0 Å². The van der Waals surface area contributed by atoms with Crippen LogP contribution in [0.5, 0.6) is 0 Å². The molecule has 0 fully saturated rings. The number of nitrogens with one attached hydrogen (secondary N) is 1. The van der Waals surface area contributed by atoms with E-state index in [1.807, 2.05) is 18.2 Å². The Bertz CT molecular complexity index is 282. The maximum Gasteiger partial charge on any atom is 0.190 e. The summed E-state index contributed by atoms with van der Waals surface area (Å²) < 4.78 is 2.12. The Morgan fingerprint density at radius 1 is 1.15 bits per heavy atom. The molecule has 0 aliphatic carbocycles. The minimum absolute atomic E-state index is 1.06. The second-order valence-electron chi connectivity index (χ2n) is 2.05. The van der Waals surface area contributed by atoms with Crippen molar-refractivity contribution in [2.75, 3.05) is 0 Å². The SMILES string of the molecule is CC[n+]1ccccc1.N#CNC#N. The molecule has 66 valence electrons. The Balaban J connectivity index is 0.000000252. The lowest BCUT2D eigenvalue weighted by atomic mass is 10.5. The molecule has 0 saturated heterocycles. The first-order chi connectivity index (χ1) is 6.35. The van der Waals surface area contributed by atoms with Gasteiger partial charge in [-0.05, 0) is 6.92 Å². The van der Waals surface area contributed by atoms with Crippen LogP contribution in [0.4, 0.5) is 0 Å². The van der Waals surface area contributed by atoms with Gasteiger partial charge in [0.05, 0.1) is 0 Å². The predicted octanol–water partition coefficient (Wildman–Crippen LogP) is 0.532. The van der Waals surface area contributed by atoms with Gasteiger partial charge >= 0.3 is 0 Å². The quantitative estimate of drug-likeness (QED) is 0.385. The van der Waals surface area contributed by atoms with Crippen molar-refractivity contribution in [1.29, 1.82) is 10.5 Å². The number of aromatic nitrogens is 1. The third-order valence-corrected chi connectivity index (χ3v) is 1.25. The van der Waals surface area contributed by atoms with Crippen molar-refractivity contribution < 1.29 is 4.57 Å². The molecular formula is C9H11N4+. The van der Waals surface area contributed by atoms with E-state index in [-0.39, 0.29) is 0 Å². The highest BCUT2D eigenvalue weighted by Crippen LogP contribution is 1.74. The van der Waals surface area contributed by atoms with Crippen molar-refractivity contribution in [1.82, 2.24) is 5.32 Å². The maximum atomic E-state index is 7.48. The van der Waals surface area contributed by atoms with Gasteiger partial charge in [0.2, 0.25) is 0 Å². The molecule has 0 spiro atoms. The van der Waals surface area contributed by atoms with Crippen molar-refractivity contribution in [3.8, 4) is 12.4 Å². The van der Waals surface area contributed by atoms with Gasteiger partial charge in [-0.2, -0.15) is 10.5 Å². The molecule has 0 aromatic carbocycles. The van der Waals surface area contributed by atoms with Gasteiger partial charge in [0, 0.05) is 12.1 Å². The molecule has 1 aromatic rings. The first-order valence-electron chi connectivity index (χ1n) is 3.82. The average molecular weight is 175 g/mol. The topological polar surface area (TPSA) is 63.5 Å². The highest BCUT2D eigenvalue weighted by atomic mass is 14.9. The summed E-state index contributed by atoms with van der Waals surface area (Å²) in [5.74, 6) is 0. The van der Waals surface area contributed by atoms with Crippen LogP contribution in [0, 0.1) is 22.9 Å². The molecule has 0 atom stereocenters. The Morgan fingerprint density at radius 3 is 1.92 bits per heavy atom. The van der Waals surface area contributed by atoms with E-state index in [1.165, 1.54) is 12.4 Å². The molecule has 1 heterocycles. The second-order valence-corrected chi connectivity index (χ2v) is 2.05. The first-order valence-corrected chi connectivity index (χ1v) is 3.82. The Morgan fingerprint density at radius 2 is 1.69 bits per heavy atom. The number of hydrogen-bond acceptors (Lipinski definition) is 3. The zero-order valence-corrected chi connectivity index (χ0v) is 7.44. The number of hydrogen-bond donors (Lipinski definition) is 1. The summed E-state index contributed by atoms with van der Waals surface area (Å²) >= 11 is 0. The third-order valence-electron chi connectivity index (χ3n) is 1.25. The third kappa shape index (κ3) is 6.33. The molecule has 0 amide bonds. The molecule has 0 bridgehead atoms. The lowest BCUT2D eigenvalue weighted by Crippen LogP contribution is -2.30. The molecule has 4 heteroatoms. The van der Waals surface area contributed by atoms with Gasteiger partial charge in [0.15, 0.2) is 24.8 Å². The maximum absolute atomic E-state index is 7.48. The van der Waals surface area contributed by atoms with Crippen molar-refractivity contribution >= 4 is 0 Å². The summed E-state index contributed by atoms with van der Waals surface area (Å²) in [6, 6.07) is 6.08. The molecule has 0 aliphatic heterocycles. The summed E-state index contributed by atoms with van der Waals surface area (Å²) in [4.78, 5) is 0. The van der Waals surface area contributed by atoms with Gasteiger partial charge in [-0.15, -0.1) is 0 Å². The Labute approximate surface area is 77.7 Å². The van der Waals surface area contributed by atoms with Gasteiger partial charge in [0.25, 0.3) is 0 Å².